The van der Waals surface area contributed by atoms with Crippen LogP contribution in [0.4, 0.5) is 8.78 Å². The van der Waals surface area contributed by atoms with Crippen molar-refractivity contribution in [1.82, 2.24) is 9.78 Å². The molecule has 1 heterocycles. The minimum absolute atomic E-state index is 0.0680. The van der Waals surface area contributed by atoms with Crippen molar-refractivity contribution in [3.8, 4) is 0 Å². The molecule has 0 aliphatic rings. The molecule has 1 aromatic carbocycles. The van der Waals surface area contributed by atoms with Gasteiger partial charge in [0.2, 0.25) is 0 Å². The van der Waals surface area contributed by atoms with Gasteiger partial charge in [-0.05, 0) is 43.5 Å². The lowest BCUT2D eigenvalue weighted by Gasteiger charge is -2.06. The van der Waals surface area contributed by atoms with E-state index < -0.39 is 11.6 Å². The van der Waals surface area contributed by atoms with Crippen LogP contribution < -0.4 is 0 Å². The van der Waals surface area contributed by atoms with E-state index >= 15 is 0 Å². The van der Waals surface area contributed by atoms with E-state index in [1.54, 1.807) is 10.7 Å². The highest BCUT2D eigenvalue weighted by Gasteiger charge is 2.12. The van der Waals surface area contributed by atoms with E-state index in [1.165, 1.54) is 6.07 Å². The highest BCUT2D eigenvalue weighted by atomic mass is 19.2. The molecule has 0 aliphatic heterocycles. The lowest BCUT2D eigenvalue weighted by molar-refractivity contribution is 0.299. The third-order valence-corrected chi connectivity index (χ3v) is 3.21. The van der Waals surface area contributed by atoms with Crippen LogP contribution >= 0.6 is 0 Å². The summed E-state index contributed by atoms with van der Waals surface area (Å²) >= 11 is 0. The van der Waals surface area contributed by atoms with E-state index in [2.05, 4.69) is 5.10 Å². The SMILES string of the molecule is Cc1nn(Cc2ccc(F)c(F)c2)c(C)c1CCO. The van der Waals surface area contributed by atoms with Crippen LogP contribution in [0, 0.1) is 25.5 Å². The molecule has 1 aromatic heterocycles. The predicted octanol–water partition coefficient (Wildman–Crippen LogP) is 2.36. The van der Waals surface area contributed by atoms with Gasteiger partial charge in [0.25, 0.3) is 0 Å². The predicted molar refractivity (Wildman–Crippen MR) is 68.0 cm³/mol. The van der Waals surface area contributed by atoms with Crippen LogP contribution in [0.5, 0.6) is 0 Å². The zero-order valence-corrected chi connectivity index (χ0v) is 11.0. The maximum Gasteiger partial charge on any atom is 0.159 e. The van der Waals surface area contributed by atoms with E-state index in [4.69, 9.17) is 5.11 Å². The summed E-state index contributed by atoms with van der Waals surface area (Å²) in [7, 11) is 0. The van der Waals surface area contributed by atoms with Crippen LogP contribution in [-0.2, 0) is 13.0 Å². The Balaban J connectivity index is 2.28. The molecular formula is C14H16F2N2O. The largest absolute Gasteiger partial charge is 0.396 e. The van der Waals surface area contributed by atoms with E-state index in [-0.39, 0.29) is 6.61 Å². The number of aliphatic hydroxyl groups excluding tert-OH is 1. The number of hydrogen-bond donors (Lipinski definition) is 1. The average Bonchev–Trinajstić information content (AvgIpc) is 2.62. The van der Waals surface area contributed by atoms with E-state index in [0.717, 1.165) is 23.0 Å². The van der Waals surface area contributed by atoms with Crippen molar-refractivity contribution < 1.29 is 13.9 Å². The van der Waals surface area contributed by atoms with Gasteiger partial charge in [-0.3, -0.25) is 4.68 Å². The van der Waals surface area contributed by atoms with Crippen molar-refractivity contribution in [1.29, 1.82) is 0 Å². The Bertz CT molecular complexity index is 593. The molecule has 0 unspecified atom stereocenters. The fourth-order valence-electron chi connectivity index (χ4n) is 2.17. The number of aryl methyl sites for hydroxylation is 1. The Labute approximate surface area is 110 Å². The maximum absolute atomic E-state index is 13.2. The van der Waals surface area contributed by atoms with Gasteiger partial charge in [-0.15, -0.1) is 0 Å². The highest BCUT2D eigenvalue weighted by Crippen LogP contribution is 2.16. The molecule has 0 bridgehead atoms. The molecule has 1 N–H and O–H groups in total. The number of halogens is 2. The summed E-state index contributed by atoms with van der Waals surface area (Å²) in [6, 6.07) is 3.84. The fraction of sp³-hybridized carbons (Fsp3) is 0.357. The zero-order chi connectivity index (χ0) is 14.0. The van der Waals surface area contributed by atoms with Crippen molar-refractivity contribution in [3.63, 3.8) is 0 Å². The van der Waals surface area contributed by atoms with Crippen molar-refractivity contribution in [3.05, 3.63) is 52.3 Å². The van der Waals surface area contributed by atoms with Gasteiger partial charge >= 0.3 is 0 Å². The molecule has 0 aliphatic carbocycles. The smallest absolute Gasteiger partial charge is 0.159 e. The first kappa shape index (κ1) is 13.7. The molecule has 0 saturated heterocycles. The van der Waals surface area contributed by atoms with Gasteiger partial charge < -0.3 is 5.11 Å². The number of aliphatic hydroxyl groups is 1. The summed E-state index contributed by atoms with van der Waals surface area (Å²) in [6.45, 7) is 4.23. The first-order valence-electron chi connectivity index (χ1n) is 6.10. The van der Waals surface area contributed by atoms with Gasteiger partial charge in [-0.2, -0.15) is 5.10 Å². The summed E-state index contributed by atoms with van der Waals surface area (Å²) in [5.41, 5.74) is 3.45. The molecule has 19 heavy (non-hydrogen) atoms. The second-order valence-corrected chi connectivity index (χ2v) is 4.53. The second-order valence-electron chi connectivity index (χ2n) is 4.53. The van der Waals surface area contributed by atoms with Crippen molar-refractivity contribution in [2.24, 2.45) is 0 Å². The van der Waals surface area contributed by atoms with Crippen molar-refractivity contribution in [2.75, 3.05) is 6.61 Å². The molecule has 0 fully saturated rings. The molecule has 2 aromatic rings. The first-order valence-corrected chi connectivity index (χ1v) is 6.10. The highest BCUT2D eigenvalue weighted by molar-refractivity contribution is 5.26. The molecule has 3 nitrogen and oxygen atoms in total. The summed E-state index contributed by atoms with van der Waals surface area (Å²) in [5, 5.41) is 13.4. The van der Waals surface area contributed by atoms with Gasteiger partial charge in [-0.1, -0.05) is 6.07 Å². The lowest BCUT2D eigenvalue weighted by Crippen LogP contribution is -2.05. The quantitative estimate of drug-likeness (QED) is 0.922. The minimum Gasteiger partial charge on any atom is -0.396 e. The summed E-state index contributed by atoms with van der Waals surface area (Å²) in [4.78, 5) is 0. The Morgan fingerprint density at radius 3 is 2.58 bits per heavy atom. The topological polar surface area (TPSA) is 38.0 Å². The number of benzene rings is 1. The van der Waals surface area contributed by atoms with Gasteiger partial charge in [0.1, 0.15) is 0 Å². The van der Waals surface area contributed by atoms with Crippen LogP contribution in [0.3, 0.4) is 0 Å². The molecule has 0 atom stereocenters. The Morgan fingerprint density at radius 1 is 1.21 bits per heavy atom. The van der Waals surface area contributed by atoms with Crippen molar-refractivity contribution >= 4 is 0 Å². The van der Waals surface area contributed by atoms with Gasteiger partial charge in [-0.25, -0.2) is 8.78 Å². The van der Waals surface area contributed by atoms with Gasteiger partial charge in [0.05, 0.1) is 12.2 Å². The second kappa shape index (κ2) is 5.48. The summed E-state index contributed by atoms with van der Waals surface area (Å²) in [6.07, 6.45) is 0.551. The van der Waals surface area contributed by atoms with E-state index in [1.807, 2.05) is 13.8 Å². The minimum atomic E-state index is -0.852. The lowest BCUT2D eigenvalue weighted by atomic mass is 10.1. The molecule has 102 valence electrons. The molecule has 5 heteroatoms. The Hall–Kier alpha value is -1.75. The molecule has 2 rings (SSSR count). The fourth-order valence-corrected chi connectivity index (χ4v) is 2.17. The van der Waals surface area contributed by atoms with Crippen LogP contribution in [0.1, 0.15) is 22.5 Å². The zero-order valence-electron chi connectivity index (χ0n) is 11.0. The molecule has 0 radical (unpaired) electrons. The average molecular weight is 266 g/mol. The maximum atomic E-state index is 13.2. The first-order chi connectivity index (χ1) is 9.02. The third kappa shape index (κ3) is 2.81. The number of rotatable bonds is 4. The number of nitrogens with zero attached hydrogens (tertiary/aromatic N) is 2. The van der Waals surface area contributed by atoms with E-state index in [9.17, 15) is 8.78 Å². The number of aromatic nitrogens is 2. The Kier molecular flexibility index (Phi) is 3.95. The Morgan fingerprint density at radius 2 is 1.95 bits per heavy atom. The third-order valence-electron chi connectivity index (χ3n) is 3.21. The summed E-state index contributed by atoms with van der Waals surface area (Å²) in [5.74, 6) is -1.70. The van der Waals surface area contributed by atoms with Gasteiger partial charge in [0.15, 0.2) is 11.6 Å². The normalized spacial score (nSPS) is 11.0. The monoisotopic (exact) mass is 266 g/mol. The van der Waals surface area contributed by atoms with Crippen LogP contribution in [-0.4, -0.2) is 21.5 Å². The molecule has 0 spiro atoms. The van der Waals surface area contributed by atoms with Crippen molar-refractivity contribution in [2.45, 2.75) is 26.8 Å². The molecule has 0 amide bonds. The molecular weight excluding hydrogens is 250 g/mol. The molecule has 0 saturated carbocycles. The van der Waals surface area contributed by atoms with Gasteiger partial charge in [0, 0.05) is 12.3 Å². The van der Waals surface area contributed by atoms with Crippen LogP contribution in [0.25, 0.3) is 0 Å². The standard InChI is InChI=1S/C14H16F2N2O/c1-9-12(5-6-19)10(2)18(17-9)8-11-3-4-13(15)14(16)7-11/h3-4,7,19H,5-6,8H2,1-2H3. The van der Waals surface area contributed by atoms with Crippen LogP contribution in [0.15, 0.2) is 18.2 Å². The van der Waals surface area contributed by atoms with E-state index in [0.29, 0.717) is 18.5 Å². The number of hydrogen-bond acceptors (Lipinski definition) is 2. The van der Waals surface area contributed by atoms with Crippen LogP contribution in [0.2, 0.25) is 0 Å². The summed E-state index contributed by atoms with van der Waals surface area (Å²) < 4.78 is 27.8.